The van der Waals surface area contributed by atoms with E-state index in [4.69, 9.17) is 14.2 Å². The zero-order valence-electron chi connectivity index (χ0n) is 16.3. The molecule has 3 aromatic carbocycles. The third-order valence-corrected chi connectivity index (χ3v) is 4.80. The Balaban J connectivity index is 1.46. The van der Waals surface area contributed by atoms with Crippen LogP contribution >= 0.6 is 0 Å². The van der Waals surface area contributed by atoms with Gasteiger partial charge in [-0.3, -0.25) is 4.79 Å². The molecule has 29 heavy (non-hydrogen) atoms. The Bertz CT molecular complexity index is 987. The van der Waals surface area contributed by atoms with Crippen molar-refractivity contribution in [3.63, 3.8) is 0 Å². The van der Waals surface area contributed by atoms with Crippen LogP contribution in [0.25, 0.3) is 0 Å². The maximum Gasteiger partial charge on any atom is 0.265 e. The topological polar surface area (TPSA) is 56.8 Å². The molecule has 0 saturated heterocycles. The Kier molecular flexibility index (Phi) is 5.66. The first-order valence-electron chi connectivity index (χ1n) is 9.72. The first kappa shape index (κ1) is 18.9. The van der Waals surface area contributed by atoms with Crippen molar-refractivity contribution in [1.82, 2.24) is 0 Å². The molecule has 1 unspecified atom stereocenters. The molecule has 0 aliphatic carbocycles. The molecule has 3 aromatic rings. The highest BCUT2D eigenvalue weighted by Crippen LogP contribution is 2.35. The molecule has 0 spiro atoms. The van der Waals surface area contributed by atoms with Crippen LogP contribution in [0.3, 0.4) is 0 Å². The zero-order valence-corrected chi connectivity index (χ0v) is 16.3. The monoisotopic (exact) mass is 389 g/mol. The molecule has 1 aliphatic heterocycles. The van der Waals surface area contributed by atoms with Crippen molar-refractivity contribution in [2.24, 2.45) is 0 Å². The van der Waals surface area contributed by atoms with Crippen molar-refractivity contribution < 1.29 is 19.0 Å². The van der Waals surface area contributed by atoms with Gasteiger partial charge in [-0.05, 0) is 42.2 Å². The maximum atomic E-state index is 12.9. The largest absolute Gasteiger partial charge is 0.480 e. The van der Waals surface area contributed by atoms with Gasteiger partial charge in [0.15, 0.2) is 17.6 Å². The number of amides is 1. The normalized spacial score (nSPS) is 13.0. The van der Waals surface area contributed by atoms with Crippen LogP contribution in [-0.2, 0) is 11.2 Å². The van der Waals surface area contributed by atoms with Crippen molar-refractivity contribution in [2.45, 2.75) is 25.9 Å². The minimum Gasteiger partial charge on any atom is -0.480 e. The summed E-state index contributed by atoms with van der Waals surface area (Å²) in [6, 6.07) is 23.4. The number of hydrogen-bond donors (Lipinski definition) is 1. The predicted octanol–water partition coefficient (Wildman–Crippen LogP) is 4.80. The van der Waals surface area contributed by atoms with Gasteiger partial charge in [-0.2, -0.15) is 0 Å². The molecule has 1 amide bonds. The quantitative estimate of drug-likeness (QED) is 0.630. The smallest absolute Gasteiger partial charge is 0.265 e. The van der Waals surface area contributed by atoms with Crippen LogP contribution in [-0.4, -0.2) is 18.8 Å². The lowest BCUT2D eigenvalue weighted by molar-refractivity contribution is -0.122. The number of carbonyl (C=O) groups is 1. The molecule has 5 nitrogen and oxygen atoms in total. The van der Waals surface area contributed by atoms with E-state index in [-0.39, 0.29) is 12.7 Å². The Morgan fingerprint density at radius 3 is 2.59 bits per heavy atom. The number of carbonyl (C=O) groups excluding carboxylic acids is 1. The van der Waals surface area contributed by atoms with Crippen LogP contribution in [0.15, 0.2) is 72.8 Å². The fraction of sp³-hybridized carbons (Fsp3) is 0.208. The molecule has 0 saturated carbocycles. The van der Waals surface area contributed by atoms with E-state index >= 15 is 0 Å². The molecule has 1 atom stereocenters. The number of para-hydroxylation sites is 1. The second-order valence-electron chi connectivity index (χ2n) is 6.84. The van der Waals surface area contributed by atoms with Gasteiger partial charge in [0, 0.05) is 11.8 Å². The molecule has 1 aliphatic rings. The van der Waals surface area contributed by atoms with Crippen LogP contribution < -0.4 is 19.5 Å². The average Bonchev–Trinajstić information content (AvgIpc) is 3.22. The molecule has 0 bridgehead atoms. The Hall–Kier alpha value is -3.47. The second-order valence-corrected chi connectivity index (χ2v) is 6.84. The summed E-state index contributed by atoms with van der Waals surface area (Å²) in [7, 11) is 0. The summed E-state index contributed by atoms with van der Waals surface area (Å²) < 4.78 is 16.6. The molecule has 0 radical (unpaired) electrons. The molecule has 1 N–H and O–H groups in total. The van der Waals surface area contributed by atoms with E-state index in [0.717, 1.165) is 17.7 Å². The number of anilines is 1. The van der Waals surface area contributed by atoms with E-state index in [1.807, 2.05) is 49.4 Å². The zero-order chi connectivity index (χ0) is 20.1. The van der Waals surface area contributed by atoms with Crippen molar-refractivity contribution in [3.05, 3.63) is 83.9 Å². The van der Waals surface area contributed by atoms with Gasteiger partial charge in [0.1, 0.15) is 5.75 Å². The lowest BCUT2D eigenvalue weighted by Crippen LogP contribution is -2.32. The van der Waals surface area contributed by atoms with Gasteiger partial charge in [0.05, 0.1) is 0 Å². The van der Waals surface area contributed by atoms with Gasteiger partial charge >= 0.3 is 0 Å². The summed E-state index contributed by atoms with van der Waals surface area (Å²) in [5, 5.41) is 3.03. The van der Waals surface area contributed by atoms with Crippen LogP contribution in [0.1, 0.15) is 24.5 Å². The minimum atomic E-state index is -0.611. The standard InChI is InChI=1S/C24H23NO4/c1-2-21(29-19-12-13-22-23(15-19)28-16-27-22)24(26)25-20-11-7-6-10-18(20)14-17-8-4-3-5-9-17/h3-13,15,21H,2,14,16H2,1H3,(H,25,26). The molecule has 0 fully saturated rings. The number of hydrogen-bond acceptors (Lipinski definition) is 4. The summed E-state index contributed by atoms with van der Waals surface area (Å²) in [5.74, 6) is 1.72. The summed E-state index contributed by atoms with van der Waals surface area (Å²) in [4.78, 5) is 12.9. The Labute approximate surface area is 170 Å². The van der Waals surface area contributed by atoms with E-state index < -0.39 is 6.10 Å². The Morgan fingerprint density at radius 2 is 1.76 bits per heavy atom. The number of rotatable bonds is 7. The van der Waals surface area contributed by atoms with Gasteiger partial charge < -0.3 is 19.5 Å². The van der Waals surface area contributed by atoms with E-state index in [9.17, 15) is 4.79 Å². The second kappa shape index (κ2) is 8.69. The summed E-state index contributed by atoms with van der Waals surface area (Å²) >= 11 is 0. The Morgan fingerprint density at radius 1 is 1.00 bits per heavy atom. The number of nitrogens with one attached hydrogen (secondary N) is 1. The highest BCUT2D eigenvalue weighted by molar-refractivity contribution is 5.95. The number of benzene rings is 3. The third kappa shape index (κ3) is 4.51. The highest BCUT2D eigenvalue weighted by Gasteiger charge is 2.21. The molecular formula is C24H23NO4. The van der Waals surface area contributed by atoms with Gasteiger partial charge in [0.25, 0.3) is 5.91 Å². The lowest BCUT2D eigenvalue weighted by atomic mass is 10.0. The van der Waals surface area contributed by atoms with Gasteiger partial charge in [-0.15, -0.1) is 0 Å². The fourth-order valence-electron chi connectivity index (χ4n) is 3.26. The number of fused-ring (bicyclic) bond motifs is 1. The average molecular weight is 389 g/mol. The molecule has 0 aromatic heterocycles. The van der Waals surface area contributed by atoms with Crippen LogP contribution in [0.2, 0.25) is 0 Å². The van der Waals surface area contributed by atoms with E-state index in [0.29, 0.717) is 23.7 Å². The molecular weight excluding hydrogens is 366 g/mol. The van der Waals surface area contributed by atoms with Crippen LogP contribution in [0.4, 0.5) is 5.69 Å². The molecule has 5 heteroatoms. The van der Waals surface area contributed by atoms with E-state index in [1.165, 1.54) is 5.56 Å². The van der Waals surface area contributed by atoms with Gasteiger partial charge in [0.2, 0.25) is 6.79 Å². The predicted molar refractivity (Wildman–Crippen MR) is 112 cm³/mol. The molecule has 1 heterocycles. The van der Waals surface area contributed by atoms with E-state index in [1.54, 1.807) is 18.2 Å². The maximum absolute atomic E-state index is 12.9. The summed E-state index contributed by atoms with van der Waals surface area (Å²) in [5.41, 5.74) is 3.05. The number of ether oxygens (including phenoxy) is 3. The van der Waals surface area contributed by atoms with Crippen molar-refractivity contribution in [3.8, 4) is 17.2 Å². The highest BCUT2D eigenvalue weighted by atomic mass is 16.7. The fourth-order valence-corrected chi connectivity index (χ4v) is 3.26. The first-order valence-corrected chi connectivity index (χ1v) is 9.72. The van der Waals surface area contributed by atoms with Crippen LogP contribution in [0.5, 0.6) is 17.2 Å². The molecule has 4 rings (SSSR count). The van der Waals surface area contributed by atoms with Gasteiger partial charge in [-0.25, -0.2) is 0 Å². The lowest BCUT2D eigenvalue weighted by Gasteiger charge is -2.19. The molecule has 148 valence electrons. The first-order chi connectivity index (χ1) is 14.2. The van der Waals surface area contributed by atoms with Crippen molar-refractivity contribution in [1.29, 1.82) is 0 Å². The summed E-state index contributed by atoms with van der Waals surface area (Å²) in [6.07, 6.45) is 0.679. The SMILES string of the molecule is CCC(Oc1ccc2c(c1)OCO2)C(=O)Nc1ccccc1Cc1ccccc1. The van der Waals surface area contributed by atoms with Gasteiger partial charge in [-0.1, -0.05) is 55.5 Å². The van der Waals surface area contributed by atoms with E-state index in [2.05, 4.69) is 17.4 Å². The van der Waals surface area contributed by atoms with Crippen molar-refractivity contribution >= 4 is 11.6 Å². The minimum absolute atomic E-state index is 0.175. The third-order valence-electron chi connectivity index (χ3n) is 4.80. The van der Waals surface area contributed by atoms with Crippen LogP contribution in [0, 0.1) is 0 Å². The van der Waals surface area contributed by atoms with Crippen molar-refractivity contribution in [2.75, 3.05) is 12.1 Å². The summed E-state index contributed by atoms with van der Waals surface area (Å²) in [6.45, 7) is 2.13.